The van der Waals surface area contributed by atoms with Gasteiger partial charge in [0.1, 0.15) is 0 Å². The fraction of sp³-hybridized carbons (Fsp3) is 1.00. The molecule has 1 aliphatic rings. The molecule has 0 atom stereocenters. The normalized spacial score (nSPS) is 24.0. The van der Waals surface area contributed by atoms with E-state index < -0.39 is 0 Å². The fourth-order valence-electron chi connectivity index (χ4n) is 0.553. The number of nitrogens with one attached hydrogen (secondary N) is 1. The van der Waals surface area contributed by atoms with Gasteiger partial charge in [-0.3, -0.25) is 0 Å². The molecule has 2 heteroatoms. The number of piperazine rings is 1. The molecule has 1 heterocycles. The van der Waals surface area contributed by atoms with Crippen molar-refractivity contribution in [3.8, 4) is 0 Å². The lowest BCUT2D eigenvalue weighted by molar-refractivity contribution is 0.526. The highest BCUT2D eigenvalue weighted by molar-refractivity contribution is 4.58. The van der Waals surface area contributed by atoms with E-state index in [1.807, 2.05) is 0 Å². The van der Waals surface area contributed by atoms with E-state index in [4.69, 9.17) is 0 Å². The number of hydrogen-bond donors (Lipinski definition) is 1. The summed E-state index contributed by atoms with van der Waals surface area (Å²) in [5.41, 5.74) is 0. The molecule has 35 valence electrons. The van der Waals surface area contributed by atoms with Gasteiger partial charge in [-0.15, -0.1) is 0 Å². The SMILES string of the molecule is C1CNCC[N]1. The Labute approximate surface area is 37.9 Å². The van der Waals surface area contributed by atoms with Crippen molar-refractivity contribution in [2.45, 2.75) is 0 Å². The molecule has 0 amide bonds. The van der Waals surface area contributed by atoms with E-state index in [1.54, 1.807) is 0 Å². The maximum absolute atomic E-state index is 4.11. The van der Waals surface area contributed by atoms with Crippen molar-refractivity contribution in [1.29, 1.82) is 0 Å². The third kappa shape index (κ3) is 0.954. The second-order valence-corrected chi connectivity index (χ2v) is 1.42. The lowest BCUT2D eigenvalue weighted by atomic mass is 10.4. The molecule has 2 nitrogen and oxygen atoms in total. The minimum atomic E-state index is 1.01. The quantitative estimate of drug-likeness (QED) is 0.409. The van der Waals surface area contributed by atoms with Gasteiger partial charge in [0.05, 0.1) is 0 Å². The molecule has 0 aromatic carbocycles. The Bertz CT molecular complexity index is 21.0. The first-order valence-electron chi connectivity index (χ1n) is 2.34. The van der Waals surface area contributed by atoms with E-state index in [-0.39, 0.29) is 0 Å². The van der Waals surface area contributed by atoms with Crippen LogP contribution >= 0.6 is 0 Å². The van der Waals surface area contributed by atoms with Crippen molar-refractivity contribution in [3.05, 3.63) is 0 Å². The maximum Gasteiger partial charge on any atom is 0.0259 e. The summed E-state index contributed by atoms with van der Waals surface area (Å²) < 4.78 is 0. The Kier molecular flexibility index (Phi) is 1.47. The topological polar surface area (TPSA) is 26.1 Å². The highest BCUT2D eigenvalue weighted by atomic mass is 15.0. The smallest absolute Gasteiger partial charge is 0.0259 e. The summed E-state index contributed by atoms with van der Waals surface area (Å²) in [7, 11) is 0. The van der Waals surface area contributed by atoms with Gasteiger partial charge in [0.15, 0.2) is 0 Å². The van der Waals surface area contributed by atoms with Gasteiger partial charge < -0.3 is 5.32 Å². The van der Waals surface area contributed by atoms with E-state index >= 15 is 0 Å². The van der Waals surface area contributed by atoms with Gasteiger partial charge in [0.2, 0.25) is 0 Å². The molecule has 0 spiro atoms. The van der Waals surface area contributed by atoms with Gasteiger partial charge in [-0.05, 0) is 0 Å². The molecule has 1 N–H and O–H groups in total. The molecule has 0 bridgehead atoms. The second-order valence-electron chi connectivity index (χ2n) is 1.42. The molecule has 0 unspecified atom stereocenters. The van der Waals surface area contributed by atoms with Crippen LogP contribution in [0.1, 0.15) is 0 Å². The summed E-state index contributed by atoms with van der Waals surface area (Å²) in [5.74, 6) is 0. The lowest BCUT2D eigenvalue weighted by Gasteiger charge is -2.09. The summed E-state index contributed by atoms with van der Waals surface area (Å²) in [6.07, 6.45) is 0. The standard InChI is InChI=1S/C4H9N2/c1-2-6-4-3-5-1/h5H,1-4H2. The zero-order chi connectivity index (χ0) is 4.24. The first-order valence-corrected chi connectivity index (χ1v) is 2.34. The lowest BCUT2D eigenvalue weighted by Crippen LogP contribution is -2.35. The van der Waals surface area contributed by atoms with Gasteiger partial charge in [0, 0.05) is 26.2 Å². The maximum atomic E-state index is 4.11. The first-order chi connectivity index (χ1) is 3.00. The minimum Gasteiger partial charge on any atom is -0.314 e. The summed E-state index contributed by atoms with van der Waals surface area (Å²) in [5, 5.41) is 7.31. The summed E-state index contributed by atoms with van der Waals surface area (Å²) in [4.78, 5) is 0. The van der Waals surface area contributed by atoms with Crippen LogP contribution in [-0.4, -0.2) is 26.2 Å². The second kappa shape index (κ2) is 2.16. The van der Waals surface area contributed by atoms with Crippen molar-refractivity contribution in [2.24, 2.45) is 0 Å². The summed E-state index contributed by atoms with van der Waals surface area (Å²) in [6.45, 7) is 4.19. The van der Waals surface area contributed by atoms with Crippen molar-refractivity contribution in [3.63, 3.8) is 0 Å². The van der Waals surface area contributed by atoms with E-state index in [0.717, 1.165) is 26.2 Å². The molecule has 1 radical (unpaired) electrons. The molecular formula is C4H9N2. The van der Waals surface area contributed by atoms with Crippen molar-refractivity contribution in [2.75, 3.05) is 26.2 Å². The van der Waals surface area contributed by atoms with Crippen LogP contribution in [0.25, 0.3) is 0 Å². The Morgan fingerprint density at radius 1 is 1.17 bits per heavy atom. The van der Waals surface area contributed by atoms with E-state index in [2.05, 4.69) is 10.6 Å². The van der Waals surface area contributed by atoms with Crippen LogP contribution in [0.5, 0.6) is 0 Å². The van der Waals surface area contributed by atoms with Crippen LogP contribution in [0, 0.1) is 0 Å². The van der Waals surface area contributed by atoms with Crippen LogP contribution < -0.4 is 10.6 Å². The van der Waals surface area contributed by atoms with Crippen LogP contribution in [0.3, 0.4) is 0 Å². The molecule has 0 aromatic rings. The van der Waals surface area contributed by atoms with E-state index in [9.17, 15) is 0 Å². The van der Waals surface area contributed by atoms with Gasteiger partial charge in [-0.1, -0.05) is 0 Å². The van der Waals surface area contributed by atoms with Crippen LogP contribution in [0.2, 0.25) is 0 Å². The van der Waals surface area contributed by atoms with Gasteiger partial charge >= 0.3 is 0 Å². The van der Waals surface area contributed by atoms with Crippen LogP contribution in [0.4, 0.5) is 0 Å². The molecule has 0 aromatic heterocycles. The van der Waals surface area contributed by atoms with Gasteiger partial charge in [-0.2, -0.15) is 0 Å². The largest absolute Gasteiger partial charge is 0.314 e. The minimum absolute atomic E-state index is 1.01. The third-order valence-electron chi connectivity index (χ3n) is 0.893. The Hall–Kier alpha value is -0.0800. The summed E-state index contributed by atoms with van der Waals surface area (Å²) in [6, 6.07) is 0. The molecule has 1 fully saturated rings. The molecular weight excluding hydrogens is 76.1 g/mol. The predicted molar refractivity (Wildman–Crippen MR) is 24.7 cm³/mol. The number of hydrogen-bond acceptors (Lipinski definition) is 1. The molecule has 1 aliphatic heterocycles. The van der Waals surface area contributed by atoms with Crippen molar-refractivity contribution >= 4 is 0 Å². The van der Waals surface area contributed by atoms with Crippen LogP contribution in [-0.2, 0) is 0 Å². The first kappa shape index (κ1) is 4.09. The third-order valence-corrected chi connectivity index (χ3v) is 0.893. The van der Waals surface area contributed by atoms with Gasteiger partial charge in [-0.25, -0.2) is 5.32 Å². The molecule has 0 saturated carbocycles. The highest BCUT2D eigenvalue weighted by Gasteiger charge is 1.93. The van der Waals surface area contributed by atoms with Crippen LogP contribution in [0.15, 0.2) is 0 Å². The number of rotatable bonds is 0. The molecule has 1 saturated heterocycles. The highest BCUT2D eigenvalue weighted by Crippen LogP contribution is 1.68. The number of nitrogens with zero attached hydrogens (tertiary/aromatic N) is 1. The average Bonchev–Trinajstić information content (AvgIpc) is 1.72. The fourth-order valence-corrected chi connectivity index (χ4v) is 0.553. The predicted octanol–water partition coefficient (Wildman–Crippen LogP) is -0.806. The zero-order valence-corrected chi connectivity index (χ0v) is 3.78. The zero-order valence-electron chi connectivity index (χ0n) is 3.78. The average molecular weight is 85.1 g/mol. The van der Waals surface area contributed by atoms with E-state index in [0.29, 0.717) is 0 Å². The monoisotopic (exact) mass is 85.1 g/mol. The Morgan fingerprint density at radius 3 is 2.00 bits per heavy atom. The Balaban J connectivity index is 2.00. The van der Waals surface area contributed by atoms with E-state index in [1.165, 1.54) is 0 Å². The van der Waals surface area contributed by atoms with Crippen molar-refractivity contribution < 1.29 is 0 Å². The molecule has 0 aliphatic carbocycles. The van der Waals surface area contributed by atoms with Gasteiger partial charge in [0.25, 0.3) is 0 Å². The van der Waals surface area contributed by atoms with Crippen molar-refractivity contribution in [1.82, 2.24) is 10.6 Å². The summed E-state index contributed by atoms with van der Waals surface area (Å²) >= 11 is 0. The molecule has 6 heavy (non-hydrogen) atoms. The molecule has 1 rings (SSSR count). The Morgan fingerprint density at radius 2 is 1.83 bits per heavy atom.